The van der Waals surface area contributed by atoms with Crippen molar-refractivity contribution in [3.8, 4) is 11.4 Å². The van der Waals surface area contributed by atoms with Gasteiger partial charge in [0.25, 0.3) is 0 Å². The number of aliphatic hydroxyl groups is 1. The zero-order valence-electron chi connectivity index (χ0n) is 8.79. The monoisotopic (exact) mass is 236 g/mol. The molecule has 5 nitrogen and oxygen atoms in total. The Morgan fingerprint density at radius 3 is 2.81 bits per heavy atom. The first-order valence-corrected chi connectivity index (χ1v) is 5.33. The summed E-state index contributed by atoms with van der Waals surface area (Å²) in [5.74, 6) is 0.716. The molecule has 6 heteroatoms. The van der Waals surface area contributed by atoms with Crippen LogP contribution in [0.5, 0.6) is 0 Å². The number of H-pyrrole nitrogens is 1. The highest BCUT2D eigenvalue weighted by Gasteiger charge is 2.09. The molecular formula is C10H12N4OS. The van der Waals surface area contributed by atoms with Crippen LogP contribution in [0.4, 0.5) is 0 Å². The Balaban J connectivity index is 2.46. The summed E-state index contributed by atoms with van der Waals surface area (Å²) in [5.41, 5.74) is 0.919. The van der Waals surface area contributed by atoms with Gasteiger partial charge in [0.05, 0.1) is 12.6 Å². The van der Waals surface area contributed by atoms with Crippen molar-refractivity contribution in [2.45, 2.75) is 19.6 Å². The van der Waals surface area contributed by atoms with Crippen LogP contribution in [0.25, 0.3) is 11.4 Å². The molecule has 1 atom stereocenters. The van der Waals surface area contributed by atoms with E-state index < -0.39 is 6.10 Å². The lowest BCUT2D eigenvalue weighted by molar-refractivity contribution is 0.173. The van der Waals surface area contributed by atoms with Crippen molar-refractivity contribution in [2.24, 2.45) is 0 Å². The average Bonchev–Trinajstić information content (AvgIpc) is 2.61. The number of aliphatic hydroxyl groups excluding tert-OH is 1. The molecule has 2 heterocycles. The molecule has 1 unspecified atom stereocenters. The lowest BCUT2D eigenvalue weighted by Crippen LogP contribution is -2.12. The number of hydrogen-bond acceptors (Lipinski definition) is 4. The Morgan fingerprint density at radius 1 is 1.50 bits per heavy atom. The molecule has 2 aromatic rings. The van der Waals surface area contributed by atoms with Gasteiger partial charge in [-0.25, -0.2) is 0 Å². The number of aromatic nitrogens is 4. The summed E-state index contributed by atoms with van der Waals surface area (Å²) >= 11 is 5.11. The van der Waals surface area contributed by atoms with Gasteiger partial charge >= 0.3 is 0 Å². The molecule has 0 radical (unpaired) electrons. The second-order valence-electron chi connectivity index (χ2n) is 3.55. The zero-order chi connectivity index (χ0) is 11.5. The molecule has 0 amide bonds. The van der Waals surface area contributed by atoms with E-state index in [-0.39, 0.29) is 0 Å². The molecule has 2 rings (SSSR count). The highest BCUT2D eigenvalue weighted by molar-refractivity contribution is 7.71. The van der Waals surface area contributed by atoms with Gasteiger partial charge in [-0.1, -0.05) is 0 Å². The van der Waals surface area contributed by atoms with Crippen LogP contribution < -0.4 is 0 Å². The average molecular weight is 236 g/mol. The Bertz CT molecular complexity index is 517. The van der Waals surface area contributed by atoms with Gasteiger partial charge in [0, 0.05) is 18.0 Å². The normalized spacial score (nSPS) is 12.6. The van der Waals surface area contributed by atoms with Gasteiger partial charge in [0.1, 0.15) is 0 Å². The van der Waals surface area contributed by atoms with Crippen LogP contribution >= 0.6 is 12.2 Å². The third-order valence-electron chi connectivity index (χ3n) is 2.14. The summed E-state index contributed by atoms with van der Waals surface area (Å²) in [6.07, 6.45) is 2.92. The van der Waals surface area contributed by atoms with Crippen LogP contribution in [0.15, 0.2) is 24.5 Å². The molecule has 2 N–H and O–H groups in total. The lowest BCUT2D eigenvalue weighted by atomic mass is 10.2. The number of rotatable bonds is 3. The van der Waals surface area contributed by atoms with E-state index in [2.05, 4.69) is 15.2 Å². The molecule has 84 valence electrons. The molecule has 0 saturated heterocycles. The summed E-state index contributed by atoms with van der Waals surface area (Å²) in [7, 11) is 0. The number of pyridine rings is 1. The Hall–Kier alpha value is -1.53. The van der Waals surface area contributed by atoms with Crippen molar-refractivity contribution in [3.63, 3.8) is 0 Å². The van der Waals surface area contributed by atoms with E-state index in [1.54, 1.807) is 23.9 Å². The minimum absolute atomic E-state index is 0.424. The van der Waals surface area contributed by atoms with Crippen LogP contribution in [0.1, 0.15) is 6.92 Å². The first-order valence-electron chi connectivity index (χ1n) is 4.92. The van der Waals surface area contributed by atoms with Crippen molar-refractivity contribution >= 4 is 12.2 Å². The topological polar surface area (TPSA) is 66.7 Å². The van der Waals surface area contributed by atoms with Gasteiger partial charge in [0.2, 0.25) is 0 Å². The second-order valence-corrected chi connectivity index (χ2v) is 3.93. The molecule has 0 saturated carbocycles. The molecule has 0 aliphatic carbocycles. The molecule has 16 heavy (non-hydrogen) atoms. The Morgan fingerprint density at radius 2 is 2.19 bits per heavy atom. The highest BCUT2D eigenvalue weighted by atomic mass is 32.1. The van der Waals surface area contributed by atoms with Crippen LogP contribution in [-0.4, -0.2) is 31.0 Å². The van der Waals surface area contributed by atoms with Crippen LogP contribution in [0, 0.1) is 4.77 Å². The van der Waals surface area contributed by atoms with Gasteiger partial charge in [0.15, 0.2) is 10.6 Å². The third kappa shape index (κ3) is 2.17. The van der Waals surface area contributed by atoms with E-state index in [4.69, 9.17) is 12.2 Å². The number of nitrogens with one attached hydrogen (secondary N) is 1. The molecule has 0 bridgehead atoms. The Kier molecular flexibility index (Phi) is 3.12. The van der Waals surface area contributed by atoms with Crippen molar-refractivity contribution < 1.29 is 5.11 Å². The van der Waals surface area contributed by atoms with Gasteiger partial charge in [-0.05, 0) is 31.3 Å². The first kappa shape index (κ1) is 11.0. The molecule has 0 spiro atoms. The predicted molar refractivity (Wildman–Crippen MR) is 62.3 cm³/mol. The van der Waals surface area contributed by atoms with Crippen molar-refractivity contribution in [1.29, 1.82) is 0 Å². The standard InChI is InChI=1S/C10H12N4OS/c1-7(15)6-14-9(12-13-10(14)16)8-2-4-11-5-3-8/h2-5,7,15H,6H2,1H3,(H,13,16). The summed E-state index contributed by atoms with van der Waals surface area (Å²) in [6, 6.07) is 3.70. The van der Waals surface area contributed by atoms with E-state index in [0.29, 0.717) is 17.1 Å². The van der Waals surface area contributed by atoms with Gasteiger partial charge in [-0.15, -0.1) is 0 Å². The van der Waals surface area contributed by atoms with Crippen LogP contribution in [0.3, 0.4) is 0 Å². The summed E-state index contributed by atoms with van der Waals surface area (Å²) < 4.78 is 2.28. The molecule has 0 aliphatic rings. The fourth-order valence-corrected chi connectivity index (χ4v) is 1.68. The minimum atomic E-state index is -0.468. The maximum Gasteiger partial charge on any atom is 0.195 e. The van der Waals surface area contributed by atoms with E-state index in [1.165, 1.54) is 0 Å². The molecular weight excluding hydrogens is 224 g/mol. The van der Waals surface area contributed by atoms with Crippen molar-refractivity contribution in [2.75, 3.05) is 0 Å². The highest BCUT2D eigenvalue weighted by Crippen LogP contribution is 2.16. The fourth-order valence-electron chi connectivity index (χ4n) is 1.47. The minimum Gasteiger partial charge on any atom is -0.392 e. The van der Waals surface area contributed by atoms with Crippen molar-refractivity contribution in [1.82, 2.24) is 19.7 Å². The summed E-state index contributed by atoms with van der Waals surface area (Å²) in [6.45, 7) is 2.14. The zero-order valence-corrected chi connectivity index (χ0v) is 9.61. The second kappa shape index (κ2) is 4.54. The lowest BCUT2D eigenvalue weighted by Gasteiger charge is -2.08. The maximum absolute atomic E-state index is 9.40. The largest absolute Gasteiger partial charge is 0.392 e. The molecule has 0 aliphatic heterocycles. The van der Waals surface area contributed by atoms with E-state index in [1.807, 2.05) is 12.1 Å². The molecule has 0 fully saturated rings. The number of aromatic amines is 1. The van der Waals surface area contributed by atoms with Gasteiger partial charge < -0.3 is 5.11 Å². The van der Waals surface area contributed by atoms with Gasteiger partial charge in [-0.3, -0.25) is 14.6 Å². The fraction of sp³-hybridized carbons (Fsp3) is 0.300. The first-order chi connectivity index (χ1) is 7.68. The summed E-state index contributed by atoms with van der Waals surface area (Å²) in [4.78, 5) is 3.95. The smallest absolute Gasteiger partial charge is 0.195 e. The van der Waals surface area contributed by atoms with Crippen LogP contribution in [-0.2, 0) is 6.54 Å². The SMILES string of the molecule is CC(O)Cn1c(-c2ccncc2)n[nH]c1=S. The number of nitrogens with zero attached hydrogens (tertiary/aromatic N) is 3. The number of hydrogen-bond donors (Lipinski definition) is 2. The predicted octanol–water partition coefficient (Wildman–Crippen LogP) is 1.38. The third-order valence-corrected chi connectivity index (χ3v) is 2.46. The van der Waals surface area contributed by atoms with Crippen LogP contribution in [0.2, 0.25) is 0 Å². The van der Waals surface area contributed by atoms with E-state index >= 15 is 0 Å². The quantitative estimate of drug-likeness (QED) is 0.790. The molecule has 2 aromatic heterocycles. The Labute approximate surface area is 97.8 Å². The van der Waals surface area contributed by atoms with E-state index in [9.17, 15) is 5.11 Å². The summed E-state index contributed by atoms with van der Waals surface area (Å²) in [5, 5.41) is 16.3. The molecule has 0 aromatic carbocycles. The van der Waals surface area contributed by atoms with Gasteiger partial charge in [-0.2, -0.15) is 5.10 Å². The van der Waals surface area contributed by atoms with E-state index in [0.717, 1.165) is 5.56 Å². The van der Waals surface area contributed by atoms with Crippen molar-refractivity contribution in [3.05, 3.63) is 29.3 Å². The maximum atomic E-state index is 9.40.